The molecule has 1 saturated carbocycles. The van der Waals surface area contributed by atoms with E-state index in [1.54, 1.807) is 44.2 Å². The summed E-state index contributed by atoms with van der Waals surface area (Å²) in [5.74, 6) is -0.353. The van der Waals surface area contributed by atoms with Crippen LogP contribution in [0.15, 0.2) is 40.9 Å². The third kappa shape index (κ3) is 6.35. The largest absolute Gasteiger partial charge is 0.447 e. The van der Waals surface area contributed by atoms with E-state index >= 15 is 0 Å². The molecule has 154 valence electrons. The fourth-order valence-corrected chi connectivity index (χ4v) is 3.16. The number of aryl methyl sites for hydroxylation is 1. The lowest BCUT2D eigenvalue weighted by Crippen LogP contribution is -2.34. The maximum absolute atomic E-state index is 12.5. The predicted molar refractivity (Wildman–Crippen MR) is 108 cm³/mol. The fourth-order valence-electron chi connectivity index (χ4n) is 2.49. The van der Waals surface area contributed by atoms with Gasteiger partial charge in [-0.25, -0.2) is 0 Å². The third-order valence-electron chi connectivity index (χ3n) is 4.21. The van der Waals surface area contributed by atoms with Gasteiger partial charge in [0.05, 0.1) is 11.0 Å². The zero-order chi connectivity index (χ0) is 20.8. The number of nitrogens with zero attached hydrogens (tertiary/aromatic N) is 1. The molecule has 0 radical (unpaired) electrons. The van der Waals surface area contributed by atoms with Crippen LogP contribution < -0.4 is 10.6 Å². The Morgan fingerprint density at radius 3 is 2.59 bits per heavy atom. The van der Waals surface area contributed by atoms with Gasteiger partial charge in [0, 0.05) is 17.7 Å². The number of thioether (sulfide) groups is 1. The molecule has 0 spiro atoms. The molecule has 8 nitrogen and oxygen atoms in total. The number of rotatable bonds is 9. The molecule has 1 fully saturated rings. The predicted octanol–water partition coefficient (Wildman–Crippen LogP) is 2.61. The van der Waals surface area contributed by atoms with Crippen LogP contribution in [0.25, 0.3) is 0 Å². The van der Waals surface area contributed by atoms with E-state index in [0.717, 1.165) is 24.6 Å². The summed E-state index contributed by atoms with van der Waals surface area (Å²) in [6, 6.07) is 10.6. The van der Waals surface area contributed by atoms with Crippen LogP contribution in [0.4, 0.5) is 5.82 Å². The van der Waals surface area contributed by atoms with Crippen LogP contribution in [-0.2, 0) is 19.1 Å². The number of esters is 1. The first-order valence-corrected chi connectivity index (χ1v) is 10.4. The quantitative estimate of drug-likeness (QED) is 0.603. The Balaban J connectivity index is 1.52. The number of carbonyl (C=O) groups excluding carboxylic acids is 3. The number of amides is 2. The molecule has 3 rings (SSSR count). The lowest BCUT2D eigenvalue weighted by molar-refractivity contribution is -0.154. The summed E-state index contributed by atoms with van der Waals surface area (Å²) in [6.07, 6.45) is 0.871. The van der Waals surface area contributed by atoms with Crippen molar-refractivity contribution in [2.24, 2.45) is 0 Å². The maximum Gasteiger partial charge on any atom is 0.317 e. The molecule has 2 N–H and O–H groups in total. The molecule has 1 aliphatic carbocycles. The van der Waals surface area contributed by atoms with Crippen molar-refractivity contribution in [3.8, 4) is 0 Å². The fraction of sp³-hybridized carbons (Fsp3) is 0.400. The van der Waals surface area contributed by atoms with E-state index in [1.807, 2.05) is 6.07 Å². The van der Waals surface area contributed by atoms with Crippen molar-refractivity contribution in [1.82, 2.24) is 10.5 Å². The van der Waals surface area contributed by atoms with Gasteiger partial charge in [-0.3, -0.25) is 14.4 Å². The Hall–Kier alpha value is -2.81. The summed E-state index contributed by atoms with van der Waals surface area (Å²) in [5.41, 5.74) is 0.608. The summed E-state index contributed by atoms with van der Waals surface area (Å²) in [4.78, 5) is 37.0. The lowest BCUT2D eigenvalue weighted by atomic mass is 10.1. The Labute approximate surface area is 172 Å². The molecule has 0 unspecified atom stereocenters. The number of benzene rings is 1. The Kier molecular flexibility index (Phi) is 6.92. The average Bonchev–Trinajstić information content (AvgIpc) is 3.43. The van der Waals surface area contributed by atoms with E-state index in [-0.39, 0.29) is 23.6 Å². The van der Waals surface area contributed by atoms with Crippen molar-refractivity contribution in [2.45, 2.75) is 44.1 Å². The molecule has 2 aromatic rings. The standard InChI is InChI=1S/C20H23N3O5S/c1-12-10-16(23-28-12)22-19(25)13(2)29-11-17(24)27-18(14-6-4-3-5-7-14)20(26)21-15-8-9-15/h3-7,10,13,15,18H,8-9,11H2,1-2H3,(H,21,26)(H,22,23,25)/t13-,18-/m1/s1. The molecule has 1 heterocycles. The lowest BCUT2D eigenvalue weighted by Gasteiger charge is -2.18. The molecule has 0 bridgehead atoms. The van der Waals surface area contributed by atoms with Crippen molar-refractivity contribution >= 4 is 35.4 Å². The number of anilines is 1. The molecular formula is C20H23N3O5S. The van der Waals surface area contributed by atoms with E-state index < -0.39 is 17.3 Å². The van der Waals surface area contributed by atoms with Crippen molar-refractivity contribution in [2.75, 3.05) is 11.1 Å². The van der Waals surface area contributed by atoms with Gasteiger partial charge in [-0.1, -0.05) is 35.5 Å². The number of nitrogens with one attached hydrogen (secondary N) is 2. The van der Waals surface area contributed by atoms with E-state index in [2.05, 4.69) is 15.8 Å². The van der Waals surface area contributed by atoms with Gasteiger partial charge in [0.25, 0.3) is 5.91 Å². The Morgan fingerprint density at radius 2 is 1.97 bits per heavy atom. The van der Waals surface area contributed by atoms with Crippen molar-refractivity contribution in [3.05, 3.63) is 47.7 Å². The number of carbonyl (C=O) groups is 3. The van der Waals surface area contributed by atoms with Crippen molar-refractivity contribution < 1.29 is 23.6 Å². The maximum atomic E-state index is 12.5. The third-order valence-corrected chi connectivity index (χ3v) is 5.33. The van der Waals surface area contributed by atoms with Gasteiger partial charge in [0.2, 0.25) is 12.0 Å². The van der Waals surface area contributed by atoms with Gasteiger partial charge < -0.3 is 19.9 Å². The molecule has 0 aliphatic heterocycles. The molecular weight excluding hydrogens is 394 g/mol. The SMILES string of the molecule is Cc1cc(NC(=O)[C@@H](C)SCC(=O)O[C@@H](C(=O)NC2CC2)c2ccccc2)no1. The zero-order valence-electron chi connectivity index (χ0n) is 16.2. The van der Waals surface area contributed by atoms with Gasteiger partial charge in [-0.15, -0.1) is 11.8 Å². The van der Waals surface area contributed by atoms with Gasteiger partial charge in [0.15, 0.2) is 5.82 Å². The summed E-state index contributed by atoms with van der Waals surface area (Å²) in [7, 11) is 0. The van der Waals surface area contributed by atoms with Crippen LogP contribution in [0.2, 0.25) is 0 Å². The van der Waals surface area contributed by atoms with Gasteiger partial charge in [-0.2, -0.15) is 0 Å². The van der Waals surface area contributed by atoms with Gasteiger partial charge in [0.1, 0.15) is 5.76 Å². The Morgan fingerprint density at radius 1 is 1.24 bits per heavy atom. The van der Waals surface area contributed by atoms with Crippen LogP contribution in [0.1, 0.15) is 37.2 Å². The molecule has 1 aromatic carbocycles. The molecule has 2 atom stereocenters. The van der Waals surface area contributed by atoms with Crippen LogP contribution in [0, 0.1) is 6.92 Å². The van der Waals surface area contributed by atoms with E-state index in [0.29, 0.717) is 17.1 Å². The first-order chi connectivity index (χ1) is 13.9. The first kappa shape index (κ1) is 20.9. The first-order valence-electron chi connectivity index (χ1n) is 9.33. The second kappa shape index (κ2) is 9.60. The van der Waals surface area contributed by atoms with E-state index in [9.17, 15) is 14.4 Å². The number of hydrogen-bond acceptors (Lipinski definition) is 7. The highest BCUT2D eigenvalue weighted by Gasteiger charge is 2.31. The summed E-state index contributed by atoms with van der Waals surface area (Å²) >= 11 is 1.12. The number of hydrogen-bond donors (Lipinski definition) is 2. The summed E-state index contributed by atoms with van der Waals surface area (Å²) in [6.45, 7) is 3.40. The normalized spacial score (nSPS) is 15.2. The molecule has 29 heavy (non-hydrogen) atoms. The van der Waals surface area contributed by atoms with Crippen molar-refractivity contribution in [1.29, 1.82) is 0 Å². The second-order valence-corrected chi connectivity index (χ2v) is 8.16. The van der Waals surface area contributed by atoms with E-state index in [4.69, 9.17) is 9.26 Å². The molecule has 2 amide bonds. The van der Waals surface area contributed by atoms with E-state index in [1.165, 1.54) is 0 Å². The second-order valence-electron chi connectivity index (χ2n) is 6.83. The average molecular weight is 417 g/mol. The topological polar surface area (TPSA) is 111 Å². The highest BCUT2D eigenvalue weighted by atomic mass is 32.2. The van der Waals surface area contributed by atoms with Crippen LogP contribution in [0.3, 0.4) is 0 Å². The zero-order valence-corrected chi connectivity index (χ0v) is 17.0. The Bertz CT molecular complexity index is 866. The minimum Gasteiger partial charge on any atom is -0.447 e. The molecule has 1 aliphatic rings. The van der Waals surface area contributed by atoms with Gasteiger partial charge >= 0.3 is 5.97 Å². The van der Waals surface area contributed by atoms with Crippen LogP contribution in [0.5, 0.6) is 0 Å². The van der Waals surface area contributed by atoms with Crippen molar-refractivity contribution in [3.63, 3.8) is 0 Å². The number of aromatic nitrogens is 1. The minimum absolute atomic E-state index is 0.0630. The molecule has 9 heteroatoms. The number of ether oxygens (including phenoxy) is 1. The van der Waals surface area contributed by atoms with Crippen LogP contribution >= 0.6 is 11.8 Å². The highest BCUT2D eigenvalue weighted by molar-refractivity contribution is 8.01. The molecule has 1 aromatic heterocycles. The minimum atomic E-state index is -1.01. The highest BCUT2D eigenvalue weighted by Crippen LogP contribution is 2.24. The monoisotopic (exact) mass is 417 g/mol. The van der Waals surface area contributed by atoms with Gasteiger partial charge in [-0.05, 0) is 26.7 Å². The smallest absolute Gasteiger partial charge is 0.317 e. The van der Waals surface area contributed by atoms with Crippen LogP contribution in [-0.4, -0.2) is 40.0 Å². The summed E-state index contributed by atoms with van der Waals surface area (Å²) < 4.78 is 10.3. The molecule has 0 saturated heterocycles. The summed E-state index contributed by atoms with van der Waals surface area (Å²) in [5, 5.41) is 8.67.